The lowest BCUT2D eigenvalue weighted by atomic mass is 9.77. The van der Waals surface area contributed by atoms with Crippen LogP contribution in [0, 0.1) is 17.5 Å². The summed E-state index contributed by atoms with van der Waals surface area (Å²) in [5, 5.41) is 9.21. The zero-order valence-corrected chi connectivity index (χ0v) is 9.27. The van der Waals surface area contributed by atoms with Gasteiger partial charge in [-0.3, -0.25) is 0 Å². The monoisotopic (exact) mass is 245 g/mol. The molecule has 1 saturated carbocycles. The Bertz CT molecular complexity index is 416. The van der Waals surface area contributed by atoms with Crippen molar-refractivity contribution >= 4 is 0 Å². The van der Waals surface area contributed by atoms with E-state index in [4.69, 9.17) is 5.73 Å². The summed E-state index contributed by atoms with van der Waals surface area (Å²) in [5.74, 6) is -4.60. The second kappa shape index (κ2) is 4.22. The number of phenols is 1. The van der Waals surface area contributed by atoms with Gasteiger partial charge in [0, 0.05) is 11.6 Å². The Hall–Kier alpha value is -1.23. The van der Waals surface area contributed by atoms with E-state index in [9.17, 15) is 18.3 Å². The zero-order valence-electron chi connectivity index (χ0n) is 9.27. The van der Waals surface area contributed by atoms with Gasteiger partial charge in [0.25, 0.3) is 0 Å². The molecule has 2 nitrogen and oxygen atoms in total. The Morgan fingerprint density at radius 3 is 2.24 bits per heavy atom. The molecule has 1 fully saturated rings. The van der Waals surface area contributed by atoms with Gasteiger partial charge in [-0.1, -0.05) is 19.3 Å². The first-order valence-corrected chi connectivity index (χ1v) is 5.61. The van der Waals surface area contributed by atoms with Crippen LogP contribution in [-0.4, -0.2) is 5.11 Å². The summed E-state index contributed by atoms with van der Waals surface area (Å²) >= 11 is 0. The van der Waals surface area contributed by atoms with E-state index in [0.29, 0.717) is 18.9 Å². The van der Waals surface area contributed by atoms with Gasteiger partial charge in [-0.05, 0) is 12.8 Å². The van der Waals surface area contributed by atoms with Crippen LogP contribution in [0.25, 0.3) is 0 Å². The van der Waals surface area contributed by atoms with Crippen molar-refractivity contribution in [2.75, 3.05) is 0 Å². The van der Waals surface area contributed by atoms with Gasteiger partial charge >= 0.3 is 0 Å². The highest BCUT2D eigenvalue weighted by Gasteiger charge is 2.37. The number of rotatable bonds is 1. The first kappa shape index (κ1) is 12.2. The third kappa shape index (κ3) is 1.99. The summed E-state index contributed by atoms with van der Waals surface area (Å²) < 4.78 is 40.6. The summed E-state index contributed by atoms with van der Waals surface area (Å²) in [6.07, 6.45) is 3.22. The molecule has 1 aromatic carbocycles. The minimum absolute atomic E-state index is 0.393. The largest absolute Gasteiger partial charge is 0.505 e. The van der Waals surface area contributed by atoms with Crippen LogP contribution in [0.3, 0.4) is 0 Å². The molecule has 0 atom stereocenters. The molecule has 0 aromatic heterocycles. The average molecular weight is 245 g/mol. The highest BCUT2D eigenvalue weighted by atomic mass is 19.2. The molecule has 2 rings (SSSR count). The van der Waals surface area contributed by atoms with Gasteiger partial charge < -0.3 is 10.8 Å². The topological polar surface area (TPSA) is 46.2 Å². The van der Waals surface area contributed by atoms with E-state index in [-0.39, 0.29) is 0 Å². The lowest BCUT2D eigenvalue weighted by molar-refractivity contribution is 0.273. The van der Waals surface area contributed by atoms with Crippen LogP contribution in [-0.2, 0) is 5.54 Å². The van der Waals surface area contributed by atoms with Crippen LogP contribution in [0.5, 0.6) is 5.75 Å². The molecule has 0 unspecified atom stereocenters. The second-order valence-electron chi connectivity index (χ2n) is 4.60. The Morgan fingerprint density at radius 2 is 1.65 bits per heavy atom. The van der Waals surface area contributed by atoms with Gasteiger partial charge in [0.2, 0.25) is 0 Å². The molecule has 0 amide bonds. The number of phenolic OH excluding ortho intramolecular Hbond substituents is 1. The van der Waals surface area contributed by atoms with Crippen molar-refractivity contribution in [1.29, 1.82) is 0 Å². The maximum Gasteiger partial charge on any atom is 0.172 e. The molecule has 1 aliphatic carbocycles. The molecule has 0 aliphatic heterocycles. The van der Waals surface area contributed by atoms with E-state index in [0.717, 1.165) is 19.3 Å². The zero-order chi connectivity index (χ0) is 12.6. The molecule has 1 aromatic rings. The molecule has 94 valence electrons. The fourth-order valence-corrected chi connectivity index (χ4v) is 2.46. The van der Waals surface area contributed by atoms with Crippen molar-refractivity contribution in [1.82, 2.24) is 0 Å². The molecule has 1 aliphatic rings. The Morgan fingerprint density at radius 1 is 1.06 bits per heavy atom. The summed E-state index contributed by atoms with van der Waals surface area (Å²) in [5.41, 5.74) is 4.23. The third-order valence-electron chi connectivity index (χ3n) is 3.38. The Labute approximate surface area is 97.2 Å². The summed E-state index contributed by atoms with van der Waals surface area (Å²) in [6, 6.07) is 0.431. The number of nitrogens with two attached hydrogens (primary N) is 1. The minimum Gasteiger partial charge on any atom is -0.505 e. The summed E-state index contributed by atoms with van der Waals surface area (Å²) in [4.78, 5) is 0. The molecule has 0 spiro atoms. The first-order chi connectivity index (χ1) is 7.96. The van der Waals surface area contributed by atoms with Gasteiger partial charge in [0.05, 0.1) is 5.56 Å². The number of hydrogen-bond donors (Lipinski definition) is 2. The van der Waals surface area contributed by atoms with Crippen molar-refractivity contribution in [3.05, 3.63) is 29.1 Å². The maximum atomic E-state index is 13.7. The fourth-order valence-electron chi connectivity index (χ4n) is 2.46. The molecule has 0 radical (unpaired) electrons. The Balaban J connectivity index is 2.57. The summed E-state index contributed by atoms with van der Waals surface area (Å²) in [6.45, 7) is 0. The van der Waals surface area contributed by atoms with Crippen LogP contribution in [0.4, 0.5) is 13.2 Å². The van der Waals surface area contributed by atoms with Crippen molar-refractivity contribution in [2.24, 2.45) is 5.73 Å². The van der Waals surface area contributed by atoms with Gasteiger partial charge in [-0.15, -0.1) is 0 Å². The maximum absolute atomic E-state index is 13.7. The third-order valence-corrected chi connectivity index (χ3v) is 3.38. The number of halogens is 3. The quantitative estimate of drug-likeness (QED) is 0.747. The Kier molecular flexibility index (Phi) is 3.03. The van der Waals surface area contributed by atoms with Crippen molar-refractivity contribution in [3.63, 3.8) is 0 Å². The molecular weight excluding hydrogens is 231 g/mol. The fraction of sp³-hybridized carbons (Fsp3) is 0.500. The van der Waals surface area contributed by atoms with E-state index in [1.54, 1.807) is 0 Å². The van der Waals surface area contributed by atoms with Crippen LogP contribution in [0.15, 0.2) is 6.07 Å². The van der Waals surface area contributed by atoms with Gasteiger partial charge in [-0.2, -0.15) is 0 Å². The van der Waals surface area contributed by atoms with Gasteiger partial charge in [0.15, 0.2) is 23.2 Å². The molecular formula is C12H14F3NO. The molecule has 0 heterocycles. The SMILES string of the molecule is NC1(c2c(F)c(O)cc(F)c2F)CCCCC1. The van der Waals surface area contributed by atoms with Crippen LogP contribution in [0.2, 0.25) is 0 Å². The highest BCUT2D eigenvalue weighted by molar-refractivity contribution is 5.37. The van der Waals surface area contributed by atoms with E-state index in [1.165, 1.54) is 0 Å². The van der Waals surface area contributed by atoms with Gasteiger partial charge in [0.1, 0.15) is 0 Å². The van der Waals surface area contributed by atoms with Crippen molar-refractivity contribution < 1.29 is 18.3 Å². The van der Waals surface area contributed by atoms with E-state index < -0.39 is 34.3 Å². The number of benzene rings is 1. The molecule has 5 heteroatoms. The molecule has 3 N–H and O–H groups in total. The van der Waals surface area contributed by atoms with E-state index >= 15 is 0 Å². The molecule has 0 bridgehead atoms. The predicted molar refractivity (Wildman–Crippen MR) is 56.9 cm³/mol. The minimum atomic E-state index is -1.29. The van der Waals surface area contributed by atoms with Crippen LogP contribution >= 0.6 is 0 Å². The lowest BCUT2D eigenvalue weighted by Gasteiger charge is -2.34. The lowest BCUT2D eigenvalue weighted by Crippen LogP contribution is -2.40. The molecule has 17 heavy (non-hydrogen) atoms. The second-order valence-corrected chi connectivity index (χ2v) is 4.60. The smallest absolute Gasteiger partial charge is 0.172 e. The standard InChI is InChI=1S/C12H14F3NO/c13-7-6-8(17)11(15)9(10(7)14)12(16)4-2-1-3-5-12/h6,17H,1-5,16H2. The van der Waals surface area contributed by atoms with Crippen molar-refractivity contribution in [3.8, 4) is 5.75 Å². The number of hydrogen-bond acceptors (Lipinski definition) is 2. The first-order valence-electron chi connectivity index (χ1n) is 5.61. The average Bonchev–Trinajstić information content (AvgIpc) is 2.27. The van der Waals surface area contributed by atoms with Crippen LogP contribution in [0.1, 0.15) is 37.7 Å². The summed E-state index contributed by atoms with van der Waals surface area (Å²) in [7, 11) is 0. The highest BCUT2D eigenvalue weighted by Crippen LogP contribution is 2.40. The van der Waals surface area contributed by atoms with Crippen LogP contribution < -0.4 is 5.73 Å². The van der Waals surface area contributed by atoms with Crippen molar-refractivity contribution in [2.45, 2.75) is 37.6 Å². The normalized spacial score (nSPS) is 19.3. The van der Waals surface area contributed by atoms with E-state index in [1.807, 2.05) is 0 Å². The van der Waals surface area contributed by atoms with Gasteiger partial charge in [-0.25, -0.2) is 13.2 Å². The molecule has 0 saturated heterocycles. The predicted octanol–water partition coefficient (Wildman–Crippen LogP) is 2.93. The number of aromatic hydroxyl groups is 1. The van der Waals surface area contributed by atoms with E-state index in [2.05, 4.69) is 0 Å².